The van der Waals surface area contributed by atoms with Gasteiger partial charge in [-0.2, -0.15) is 12.6 Å². The number of hydrogen-bond donors (Lipinski definition) is 3. The maximum absolute atomic E-state index is 11.2. The van der Waals surface area contributed by atoms with Crippen molar-refractivity contribution in [1.82, 2.24) is 5.32 Å². The molecule has 0 saturated heterocycles. The predicted molar refractivity (Wildman–Crippen MR) is 59.3 cm³/mol. The Kier molecular flexibility index (Phi) is 5.49. The van der Waals surface area contributed by atoms with Gasteiger partial charge in [0.05, 0.1) is 12.5 Å². The SMILES string of the molecule is CC(C)(C)OC(=O)NC(CS)CC(=O)O. The van der Waals surface area contributed by atoms with Gasteiger partial charge in [0.1, 0.15) is 5.60 Å². The minimum Gasteiger partial charge on any atom is -0.481 e. The molecule has 0 heterocycles. The number of amides is 1. The molecule has 2 N–H and O–H groups in total. The van der Waals surface area contributed by atoms with Crippen LogP contribution in [-0.4, -0.2) is 34.6 Å². The van der Waals surface area contributed by atoms with Gasteiger partial charge < -0.3 is 15.2 Å². The number of carbonyl (C=O) groups excluding carboxylic acids is 1. The third-order valence-electron chi connectivity index (χ3n) is 1.36. The maximum atomic E-state index is 11.2. The van der Waals surface area contributed by atoms with E-state index >= 15 is 0 Å². The van der Waals surface area contributed by atoms with Crippen LogP contribution in [0.4, 0.5) is 4.79 Å². The number of alkyl carbamates (subject to hydrolysis) is 1. The molecule has 6 heteroatoms. The summed E-state index contributed by atoms with van der Waals surface area (Å²) in [5.74, 6) is -0.726. The third kappa shape index (κ3) is 8.11. The van der Waals surface area contributed by atoms with Gasteiger partial charge in [-0.3, -0.25) is 4.79 Å². The van der Waals surface area contributed by atoms with Crippen molar-refractivity contribution in [3.05, 3.63) is 0 Å². The Hall–Kier alpha value is -0.910. The number of carboxylic acid groups (broad SMARTS) is 1. The van der Waals surface area contributed by atoms with Gasteiger partial charge in [-0.25, -0.2) is 4.79 Å². The van der Waals surface area contributed by atoms with E-state index < -0.39 is 23.7 Å². The van der Waals surface area contributed by atoms with Gasteiger partial charge in [-0.15, -0.1) is 0 Å². The summed E-state index contributed by atoms with van der Waals surface area (Å²) < 4.78 is 4.97. The van der Waals surface area contributed by atoms with Gasteiger partial charge in [-0.1, -0.05) is 0 Å². The Bertz CT molecular complexity index is 237. The van der Waals surface area contributed by atoms with Crippen LogP contribution in [0.15, 0.2) is 0 Å². The number of ether oxygens (including phenoxy) is 1. The lowest BCUT2D eigenvalue weighted by molar-refractivity contribution is -0.137. The molecule has 0 aromatic heterocycles. The molecular formula is C9H17NO4S. The third-order valence-corrected chi connectivity index (χ3v) is 1.80. The average molecular weight is 235 g/mol. The molecule has 0 fully saturated rings. The first-order valence-electron chi connectivity index (χ1n) is 4.57. The van der Waals surface area contributed by atoms with Crippen LogP contribution in [0.3, 0.4) is 0 Å². The summed E-state index contributed by atoms with van der Waals surface area (Å²) >= 11 is 3.94. The molecule has 1 unspecified atom stereocenters. The van der Waals surface area contributed by atoms with Crippen molar-refractivity contribution in [2.45, 2.75) is 38.8 Å². The molecule has 0 aromatic rings. The second kappa shape index (κ2) is 5.85. The first kappa shape index (κ1) is 14.1. The lowest BCUT2D eigenvalue weighted by atomic mass is 10.2. The molecule has 0 spiro atoms. The highest BCUT2D eigenvalue weighted by molar-refractivity contribution is 7.80. The number of thiol groups is 1. The molecule has 0 radical (unpaired) electrons. The highest BCUT2D eigenvalue weighted by Crippen LogP contribution is 2.07. The molecule has 15 heavy (non-hydrogen) atoms. The van der Waals surface area contributed by atoms with Crippen LogP contribution >= 0.6 is 12.6 Å². The zero-order valence-electron chi connectivity index (χ0n) is 9.11. The van der Waals surface area contributed by atoms with Crippen LogP contribution in [0.1, 0.15) is 27.2 Å². The monoisotopic (exact) mass is 235 g/mol. The van der Waals surface area contributed by atoms with Crippen molar-refractivity contribution < 1.29 is 19.4 Å². The fourth-order valence-corrected chi connectivity index (χ4v) is 1.07. The summed E-state index contributed by atoms with van der Waals surface area (Å²) in [5.41, 5.74) is -0.589. The number of carbonyl (C=O) groups is 2. The molecule has 1 amide bonds. The Balaban J connectivity index is 4.07. The number of aliphatic carboxylic acids is 1. The normalized spacial score (nSPS) is 13.1. The standard InChI is InChI=1S/C9H17NO4S/c1-9(2,3)14-8(13)10-6(5-15)4-7(11)12/h6,15H,4-5H2,1-3H3,(H,10,13)(H,11,12). The fraction of sp³-hybridized carbons (Fsp3) is 0.778. The Morgan fingerprint density at radius 2 is 2.00 bits per heavy atom. The highest BCUT2D eigenvalue weighted by atomic mass is 32.1. The van der Waals surface area contributed by atoms with Gasteiger partial charge in [0, 0.05) is 5.75 Å². The van der Waals surface area contributed by atoms with Crippen LogP contribution in [0, 0.1) is 0 Å². The van der Waals surface area contributed by atoms with Crippen LogP contribution < -0.4 is 5.32 Å². The topological polar surface area (TPSA) is 75.6 Å². The van der Waals surface area contributed by atoms with Crippen molar-refractivity contribution in [3.8, 4) is 0 Å². The summed E-state index contributed by atoms with van der Waals surface area (Å²) in [7, 11) is 0. The van der Waals surface area contributed by atoms with Crippen molar-refractivity contribution in [1.29, 1.82) is 0 Å². The van der Waals surface area contributed by atoms with Crippen LogP contribution in [0.2, 0.25) is 0 Å². The van der Waals surface area contributed by atoms with E-state index in [-0.39, 0.29) is 12.2 Å². The Morgan fingerprint density at radius 3 is 2.33 bits per heavy atom. The molecule has 0 bridgehead atoms. The molecule has 88 valence electrons. The number of nitrogens with one attached hydrogen (secondary N) is 1. The second-order valence-electron chi connectivity index (χ2n) is 4.12. The summed E-state index contributed by atoms with van der Waals surface area (Å²) in [6.45, 7) is 5.21. The van der Waals surface area contributed by atoms with E-state index in [1.807, 2.05) is 0 Å². The van der Waals surface area contributed by atoms with E-state index in [1.165, 1.54) is 0 Å². The zero-order chi connectivity index (χ0) is 12.1. The Labute approximate surface area is 94.6 Å². The quantitative estimate of drug-likeness (QED) is 0.642. The van der Waals surface area contributed by atoms with E-state index in [1.54, 1.807) is 20.8 Å². The van der Waals surface area contributed by atoms with E-state index in [0.717, 1.165) is 0 Å². The van der Waals surface area contributed by atoms with Crippen molar-refractivity contribution >= 4 is 24.7 Å². The summed E-state index contributed by atoms with van der Waals surface area (Å²) in [5, 5.41) is 11.0. The highest BCUT2D eigenvalue weighted by Gasteiger charge is 2.20. The van der Waals surface area contributed by atoms with E-state index in [0.29, 0.717) is 0 Å². The van der Waals surface area contributed by atoms with Crippen LogP contribution in [-0.2, 0) is 9.53 Å². The van der Waals surface area contributed by atoms with E-state index in [9.17, 15) is 9.59 Å². The predicted octanol–water partition coefficient (Wildman–Crippen LogP) is 1.28. The van der Waals surface area contributed by atoms with Gasteiger partial charge >= 0.3 is 12.1 Å². The molecule has 0 rings (SSSR count). The number of rotatable bonds is 4. The second-order valence-corrected chi connectivity index (χ2v) is 4.49. The van der Waals surface area contributed by atoms with Crippen LogP contribution in [0.5, 0.6) is 0 Å². The lowest BCUT2D eigenvalue weighted by Crippen LogP contribution is -2.41. The van der Waals surface area contributed by atoms with Gasteiger partial charge in [0.2, 0.25) is 0 Å². The molecule has 0 aliphatic rings. The fourth-order valence-electron chi connectivity index (χ4n) is 0.846. The molecule has 1 atom stereocenters. The molecule has 0 aliphatic heterocycles. The molecular weight excluding hydrogens is 218 g/mol. The van der Waals surface area contributed by atoms with Gasteiger partial charge in [-0.05, 0) is 20.8 Å². The average Bonchev–Trinajstić information content (AvgIpc) is 1.98. The Morgan fingerprint density at radius 1 is 1.47 bits per heavy atom. The summed E-state index contributed by atoms with van der Waals surface area (Å²) in [6, 6.07) is -0.513. The largest absolute Gasteiger partial charge is 0.481 e. The first-order chi connectivity index (χ1) is 6.74. The van der Waals surface area contributed by atoms with Crippen LogP contribution in [0.25, 0.3) is 0 Å². The summed E-state index contributed by atoms with van der Waals surface area (Å²) in [4.78, 5) is 21.7. The van der Waals surface area contributed by atoms with Crippen molar-refractivity contribution in [3.63, 3.8) is 0 Å². The lowest BCUT2D eigenvalue weighted by Gasteiger charge is -2.22. The van der Waals surface area contributed by atoms with Crippen molar-refractivity contribution in [2.24, 2.45) is 0 Å². The molecule has 0 saturated carbocycles. The smallest absolute Gasteiger partial charge is 0.407 e. The molecule has 5 nitrogen and oxygen atoms in total. The number of carboxylic acids is 1. The maximum Gasteiger partial charge on any atom is 0.407 e. The van der Waals surface area contributed by atoms with Gasteiger partial charge in [0.25, 0.3) is 0 Å². The van der Waals surface area contributed by atoms with E-state index in [4.69, 9.17) is 9.84 Å². The minimum absolute atomic E-state index is 0.164. The van der Waals surface area contributed by atoms with E-state index in [2.05, 4.69) is 17.9 Å². The zero-order valence-corrected chi connectivity index (χ0v) is 10.0. The minimum atomic E-state index is -0.981. The number of hydrogen-bond acceptors (Lipinski definition) is 4. The first-order valence-corrected chi connectivity index (χ1v) is 5.20. The molecule has 0 aliphatic carbocycles. The van der Waals surface area contributed by atoms with Gasteiger partial charge in [0.15, 0.2) is 0 Å². The molecule has 0 aromatic carbocycles. The van der Waals surface area contributed by atoms with Crippen molar-refractivity contribution in [2.75, 3.05) is 5.75 Å². The summed E-state index contributed by atoms with van der Waals surface area (Å²) in [6.07, 6.45) is -0.786.